The molecule has 1 N–H and O–H groups in total. The highest BCUT2D eigenvalue weighted by Gasteiger charge is 2.20. The zero-order valence-corrected chi connectivity index (χ0v) is 17.0. The third-order valence-corrected chi connectivity index (χ3v) is 5.10. The average Bonchev–Trinajstić information content (AvgIpc) is 3.05. The fourth-order valence-corrected chi connectivity index (χ4v) is 3.82. The number of aromatic nitrogens is 1. The van der Waals surface area contributed by atoms with Crippen LogP contribution in [0.2, 0.25) is 15.1 Å². The molecule has 1 aromatic heterocycles. The van der Waals surface area contributed by atoms with Gasteiger partial charge in [0.05, 0.1) is 5.71 Å². The Morgan fingerprint density at radius 3 is 2.54 bits per heavy atom. The number of nitrogens with one attached hydrogen (secondary N) is 1. The number of benzene rings is 2. The van der Waals surface area contributed by atoms with Crippen molar-refractivity contribution < 1.29 is 4.79 Å². The normalized spacial score (nSPS) is 12.5. The van der Waals surface area contributed by atoms with Crippen LogP contribution in [-0.4, -0.2) is 16.6 Å². The molecule has 0 bridgehead atoms. The second-order valence-corrected chi connectivity index (χ2v) is 7.82. The van der Waals surface area contributed by atoms with E-state index in [9.17, 15) is 4.79 Å². The van der Waals surface area contributed by atoms with E-state index in [0.29, 0.717) is 38.6 Å². The summed E-state index contributed by atoms with van der Waals surface area (Å²) in [6.45, 7) is 2.00. The highest BCUT2D eigenvalue weighted by Crippen LogP contribution is 2.31. The molecular formula is C21H14Cl3N3O. The van der Waals surface area contributed by atoms with Gasteiger partial charge in [0.1, 0.15) is 0 Å². The Morgan fingerprint density at radius 2 is 1.79 bits per heavy atom. The summed E-state index contributed by atoms with van der Waals surface area (Å²) in [7, 11) is 0. The lowest BCUT2D eigenvalue weighted by molar-refractivity contribution is 0.102. The van der Waals surface area contributed by atoms with Gasteiger partial charge < -0.3 is 5.32 Å². The molecule has 0 saturated carbocycles. The second-order valence-electron chi connectivity index (χ2n) is 6.54. The van der Waals surface area contributed by atoms with Crippen LogP contribution in [0.3, 0.4) is 0 Å². The minimum absolute atomic E-state index is 0.313. The van der Waals surface area contributed by atoms with Gasteiger partial charge in [-0.3, -0.25) is 4.79 Å². The first-order chi connectivity index (χ1) is 13.4. The molecule has 3 aromatic rings. The van der Waals surface area contributed by atoms with Crippen LogP contribution in [-0.2, 0) is 6.42 Å². The van der Waals surface area contributed by atoms with Crippen LogP contribution in [0.5, 0.6) is 0 Å². The second kappa shape index (κ2) is 7.55. The van der Waals surface area contributed by atoms with Gasteiger partial charge in [0.15, 0.2) is 5.82 Å². The molecule has 2 heterocycles. The maximum Gasteiger partial charge on any atom is 0.255 e. The van der Waals surface area contributed by atoms with Crippen LogP contribution in [0.15, 0.2) is 53.7 Å². The van der Waals surface area contributed by atoms with Crippen LogP contribution in [0.25, 0.3) is 0 Å². The summed E-state index contributed by atoms with van der Waals surface area (Å²) in [5.41, 5.74) is 4.71. The number of hydrogen-bond donors (Lipinski definition) is 1. The molecule has 2 aromatic carbocycles. The quantitative estimate of drug-likeness (QED) is 0.531. The van der Waals surface area contributed by atoms with E-state index in [0.717, 1.165) is 22.4 Å². The molecule has 0 aliphatic carbocycles. The number of fused-ring (bicyclic) bond motifs is 1. The van der Waals surface area contributed by atoms with Crippen LogP contribution in [0.4, 0.5) is 11.5 Å². The zero-order chi connectivity index (χ0) is 19.8. The van der Waals surface area contributed by atoms with Gasteiger partial charge in [-0.15, -0.1) is 0 Å². The number of carbonyl (C=O) groups is 1. The van der Waals surface area contributed by atoms with Gasteiger partial charge in [0.25, 0.3) is 5.91 Å². The van der Waals surface area contributed by atoms with Crippen LogP contribution in [0.1, 0.15) is 27.0 Å². The smallest absolute Gasteiger partial charge is 0.255 e. The largest absolute Gasteiger partial charge is 0.322 e. The maximum atomic E-state index is 12.6. The lowest BCUT2D eigenvalue weighted by atomic mass is 10.0. The molecule has 4 nitrogen and oxygen atoms in total. The lowest BCUT2D eigenvalue weighted by Crippen LogP contribution is -2.12. The zero-order valence-electron chi connectivity index (χ0n) is 14.8. The number of aliphatic imine (C=N–C) groups is 1. The van der Waals surface area contributed by atoms with Crippen molar-refractivity contribution in [2.24, 2.45) is 4.99 Å². The summed E-state index contributed by atoms with van der Waals surface area (Å²) in [5.74, 6) is 0.395. The van der Waals surface area contributed by atoms with E-state index in [2.05, 4.69) is 21.4 Å². The first kappa shape index (κ1) is 18.9. The SMILES string of the molecule is Cc1cnc2c(c1)CC(c1cc(NC(=O)c3cc(Cl)cc(Cl)c3)ccc1Cl)=N2. The molecule has 7 heteroatoms. The molecule has 0 fully saturated rings. The Balaban J connectivity index is 1.61. The number of hydrogen-bond acceptors (Lipinski definition) is 3. The van der Waals surface area contributed by atoms with Gasteiger partial charge in [-0.2, -0.15) is 0 Å². The number of pyridine rings is 1. The number of nitrogens with zero attached hydrogens (tertiary/aromatic N) is 2. The number of amides is 1. The molecule has 140 valence electrons. The Kier molecular flexibility index (Phi) is 5.11. The van der Waals surface area contributed by atoms with E-state index in [1.54, 1.807) is 36.5 Å². The molecular weight excluding hydrogens is 417 g/mol. The summed E-state index contributed by atoms with van der Waals surface area (Å²) in [6.07, 6.45) is 2.44. The first-order valence-corrected chi connectivity index (χ1v) is 9.63. The summed E-state index contributed by atoms with van der Waals surface area (Å²) in [6, 6.07) is 12.1. The number of anilines is 1. The van der Waals surface area contributed by atoms with Crippen molar-refractivity contribution in [1.29, 1.82) is 0 Å². The van der Waals surface area contributed by atoms with Gasteiger partial charge in [-0.05, 0) is 48.9 Å². The molecule has 0 atom stereocenters. The van der Waals surface area contributed by atoms with E-state index >= 15 is 0 Å². The van der Waals surface area contributed by atoms with Crippen molar-refractivity contribution in [3.8, 4) is 0 Å². The Morgan fingerprint density at radius 1 is 1.04 bits per heavy atom. The minimum atomic E-state index is -0.313. The predicted molar refractivity (Wildman–Crippen MR) is 115 cm³/mol. The van der Waals surface area contributed by atoms with E-state index < -0.39 is 0 Å². The van der Waals surface area contributed by atoms with Gasteiger partial charge in [0.2, 0.25) is 0 Å². The van der Waals surface area contributed by atoms with E-state index in [1.807, 2.05) is 13.0 Å². The van der Waals surface area contributed by atoms with Crippen LogP contribution < -0.4 is 5.32 Å². The van der Waals surface area contributed by atoms with Gasteiger partial charge in [-0.1, -0.05) is 40.9 Å². The molecule has 28 heavy (non-hydrogen) atoms. The molecule has 1 aliphatic heterocycles. The number of halogens is 3. The first-order valence-electron chi connectivity index (χ1n) is 8.49. The van der Waals surface area contributed by atoms with Crippen molar-refractivity contribution in [1.82, 2.24) is 4.98 Å². The van der Waals surface area contributed by atoms with Crippen molar-refractivity contribution in [3.63, 3.8) is 0 Å². The summed E-state index contributed by atoms with van der Waals surface area (Å²) >= 11 is 18.4. The van der Waals surface area contributed by atoms with Crippen LogP contribution >= 0.6 is 34.8 Å². The van der Waals surface area contributed by atoms with Crippen molar-refractivity contribution in [2.45, 2.75) is 13.3 Å². The van der Waals surface area contributed by atoms with Gasteiger partial charge in [-0.25, -0.2) is 9.98 Å². The summed E-state index contributed by atoms with van der Waals surface area (Å²) in [5, 5.41) is 4.21. The lowest BCUT2D eigenvalue weighted by Gasteiger charge is -2.10. The van der Waals surface area contributed by atoms with E-state index in [1.165, 1.54) is 0 Å². The average molecular weight is 431 g/mol. The Hall–Kier alpha value is -2.40. The fraction of sp³-hybridized carbons (Fsp3) is 0.0952. The molecule has 0 unspecified atom stereocenters. The highest BCUT2D eigenvalue weighted by atomic mass is 35.5. The highest BCUT2D eigenvalue weighted by molar-refractivity contribution is 6.35. The minimum Gasteiger partial charge on any atom is -0.322 e. The Labute approximate surface area is 177 Å². The standard InChI is InChI=1S/C21H14Cl3N3O/c1-11-4-12-7-19(27-20(12)25-10-11)17-9-16(2-3-18(17)24)26-21(28)13-5-14(22)8-15(23)6-13/h2-6,8-10H,7H2,1H3,(H,26,28). The third-order valence-electron chi connectivity index (χ3n) is 4.34. The van der Waals surface area contributed by atoms with Gasteiger partial charge >= 0.3 is 0 Å². The number of carbonyl (C=O) groups excluding carboxylic acids is 1. The van der Waals surface area contributed by atoms with Crippen molar-refractivity contribution >= 4 is 57.9 Å². The molecule has 0 spiro atoms. The van der Waals surface area contributed by atoms with Gasteiger partial charge in [0, 0.05) is 50.1 Å². The molecule has 4 rings (SSSR count). The van der Waals surface area contributed by atoms with E-state index in [-0.39, 0.29) is 5.91 Å². The molecule has 1 amide bonds. The Bertz CT molecular complexity index is 1120. The fourth-order valence-electron chi connectivity index (χ4n) is 3.07. The van der Waals surface area contributed by atoms with Crippen LogP contribution in [0, 0.1) is 6.92 Å². The summed E-state index contributed by atoms with van der Waals surface area (Å²) < 4.78 is 0. The predicted octanol–water partition coefficient (Wildman–Crippen LogP) is 6.28. The summed E-state index contributed by atoms with van der Waals surface area (Å²) in [4.78, 5) is 21.5. The monoisotopic (exact) mass is 429 g/mol. The number of aryl methyl sites for hydroxylation is 1. The third kappa shape index (κ3) is 3.90. The maximum absolute atomic E-state index is 12.6. The number of rotatable bonds is 3. The molecule has 0 radical (unpaired) electrons. The van der Waals surface area contributed by atoms with Crippen molar-refractivity contribution in [3.05, 3.63) is 86.0 Å². The molecule has 0 saturated heterocycles. The topological polar surface area (TPSA) is 54.4 Å². The van der Waals surface area contributed by atoms with Crippen molar-refractivity contribution in [2.75, 3.05) is 5.32 Å². The van der Waals surface area contributed by atoms with E-state index in [4.69, 9.17) is 34.8 Å². The molecule has 1 aliphatic rings.